The van der Waals surface area contributed by atoms with Gasteiger partial charge in [0.05, 0.1) is 18.5 Å². The van der Waals surface area contributed by atoms with Gasteiger partial charge in [-0.3, -0.25) is 0 Å². The number of rotatable bonds is 4. The van der Waals surface area contributed by atoms with Crippen molar-refractivity contribution < 1.29 is 9.26 Å². The number of benzene rings is 1. The molecular formula is C17H17N3O2S. The lowest BCUT2D eigenvalue weighted by molar-refractivity contribution is 0.375. The van der Waals surface area contributed by atoms with Crippen LogP contribution in [0.5, 0.6) is 5.75 Å². The Balaban J connectivity index is 1.56. The molecule has 6 heteroatoms. The molecule has 0 spiro atoms. The second kappa shape index (κ2) is 6.04. The zero-order valence-corrected chi connectivity index (χ0v) is 13.7. The highest BCUT2D eigenvalue weighted by atomic mass is 32.1. The summed E-state index contributed by atoms with van der Waals surface area (Å²) in [6, 6.07) is 10.2. The summed E-state index contributed by atoms with van der Waals surface area (Å²) in [6.45, 7) is 1.63. The van der Waals surface area contributed by atoms with Crippen molar-refractivity contribution in [2.75, 3.05) is 18.6 Å². The molecule has 118 valence electrons. The summed E-state index contributed by atoms with van der Waals surface area (Å²) < 4.78 is 10.8. The molecule has 0 aliphatic carbocycles. The van der Waals surface area contributed by atoms with Crippen LogP contribution < -0.4 is 9.64 Å². The molecule has 0 saturated heterocycles. The first-order valence-electron chi connectivity index (χ1n) is 7.62. The van der Waals surface area contributed by atoms with Gasteiger partial charge in [-0.15, -0.1) is 11.3 Å². The number of aromatic nitrogens is 2. The summed E-state index contributed by atoms with van der Waals surface area (Å²) in [5, 5.41) is 6.10. The van der Waals surface area contributed by atoms with Crippen molar-refractivity contribution in [3.8, 4) is 16.5 Å². The summed E-state index contributed by atoms with van der Waals surface area (Å²) in [5.74, 6) is 2.22. The predicted molar refractivity (Wildman–Crippen MR) is 90.0 cm³/mol. The van der Waals surface area contributed by atoms with Gasteiger partial charge in [0.15, 0.2) is 0 Å². The Labute approximate surface area is 138 Å². The van der Waals surface area contributed by atoms with Crippen molar-refractivity contribution in [2.24, 2.45) is 0 Å². The van der Waals surface area contributed by atoms with E-state index in [2.05, 4.69) is 27.2 Å². The van der Waals surface area contributed by atoms with Crippen molar-refractivity contribution in [3.63, 3.8) is 0 Å². The van der Waals surface area contributed by atoms with Gasteiger partial charge in [0, 0.05) is 12.2 Å². The highest BCUT2D eigenvalue weighted by Crippen LogP contribution is 2.31. The number of methoxy groups -OCH3 is 1. The molecule has 1 aromatic carbocycles. The summed E-state index contributed by atoms with van der Waals surface area (Å²) in [6.07, 6.45) is 2.19. The van der Waals surface area contributed by atoms with Gasteiger partial charge in [-0.25, -0.2) is 0 Å². The first-order chi connectivity index (χ1) is 11.3. The normalized spacial score (nSPS) is 13.9. The highest BCUT2D eigenvalue weighted by Gasteiger charge is 2.20. The minimum Gasteiger partial charge on any atom is -0.497 e. The third-order valence-electron chi connectivity index (χ3n) is 4.04. The Morgan fingerprint density at radius 2 is 2.30 bits per heavy atom. The van der Waals surface area contributed by atoms with E-state index in [1.807, 2.05) is 23.6 Å². The lowest BCUT2D eigenvalue weighted by Crippen LogP contribution is -2.28. The maximum absolute atomic E-state index is 5.43. The van der Waals surface area contributed by atoms with E-state index in [1.165, 1.54) is 11.3 Å². The third kappa shape index (κ3) is 2.82. The molecule has 1 aliphatic rings. The van der Waals surface area contributed by atoms with E-state index in [9.17, 15) is 0 Å². The van der Waals surface area contributed by atoms with E-state index in [4.69, 9.17) is 9.26 Å². The van der Waals surface area contributed by atoms with Gasteiger partial charge in [-0.2, -0.15) is 4.98 Å². The van der Waals surface area contributed by atoms with Crippen molar-refractivity contribution >= 4 is 17.0 Å². The molecule has 5 nitrogen and oxygen atoms in total. The molecule has 3 heterocycles. The van der Waals surface area contributed by atoms with Crippen LogP contribution in [0, 0.1) is 0 Å². The Hall–Kier alpha value is -2.34. The largest absolute Gasteiger partial charge is 0.497 e. The van der Waals surface area contributed by atoms with Crippen LogP contribution in [0.3, 0.4) is 0 Å². The summed E-state index contributed by atoms with van der Waals surface area (Å²) >= 11 is 1.62. The number of nitrogens with zero attached hydrogens (tertiary/aromatic N) is 3. The Morgan fingerprint density at radius 1 is 1.35 bits per heavy atom. The fourth-order valence-electron chi connectivity index (χ4n) is 2.93. The first kappa shape index (κ1) is 14.3. The molecule has 0 unspecified atom stereocenters. The summed E-state index contributed by atoms with van der Waals surface area (Å²) in [4.78, 5) is 7.85. The van der Waals surface area contributed by atoms with Crippen LogP contribution in [0.1, 0.15) is 17.9 Å². The molecule has 3 aromatic rings. The number of anilines is 1. The van der Waals surface area contributed by atoms with Crippen LogP contribution in [0.25, 0.3) is 10.7 Å². The van der Waals surface area contributed by atoms with Gasteiger partial charge in [0.1, 0.15) is 5.75 Å². The second-order valence-electron chi connectivity index (χ2n) is 5.51. The molecule has 0 saturated carbocycles. The smallest absolute Gasteiger partial charge is 0.246 e. The van der Waals surface area contributed by atoms with Crippen molar-refractivity contribution in [2.45, 2.75) is 19.4 Å². The number of ether oxygens (including phenoxy) is 1. The van der Waals surface area contributed by atoms with Gasteiger partial charge in [0.2, 0.25) is 11.7 Å². The Bertz CT molecular complexity index is 798. The van der Waals surface area contributed by atoms with Gasteiger partial charge in [0.25, 0.3) is 0 Å². The van der Waals surface area contributed by atoms with Gasteiger partial charge < -0.3 is 14.2 Å². The number of hydrogen-bond donors (Lipinski definition) is 0. The number of fused-ring (bicyclic) bond motifs is 1. The number of hydrogen-bond acceptors (Lipinski definition) is 6. The summed E-state index contributed by atoms with van der Waals surface area (Å²) in [5.41, 5.74) is 2.54. The minimum absolute atomic E-state index is 0.637. The molecule has 0 fully saturated rings. The highest BCUT2D eigenvalue weighted by molar-refractivity contribution is 7.13. The van der Waals surface area contributed by atoms with Gasteiger partial charge >= 0.3 is 0 Å². The van der Waals surface area contributed by atoms with Gasteiger partial charge in [-0.05, 0) is 48.1 Å². The van der Waals surface area contributed by atoms with E-state index < -0.39 is 0 Å². The number of aryl methyl sites for hydroxylation is 1. The van der Waals surface area contributed by atoms with Crippen LogP contribution in [-0.4, -0.2) is 23.8 Å². The summed E-state index contributed by atoms with van der Waals surface area (Å²) in [7, 11) is 1.70. The average molecular weight is 327 g/mol. The topological polar surface area (TPSA) is 51.4 Å². The fraction of sp³-hybridized carbons (Fsp3) is 0.294. The van der Waals surface area contributed by atoms with Crippen LogP contribution >= 0.6 is 11.3 Å². The Kier molecular flexibility index (Phi) is 3.75. The van der Waals surface area contributed by atoms with E-state index >= 15 is 0 Å². The molecular weight excluding hydrogens is 310 g/mol. The maximum atomic E-state index is 5.43. The fourth-order valence-corrected chi connectivity index (χ4v) is 3.58. The molecule has 0 radical (unpaired) electrons. The lowest BCUT2D eigenvalue weighted by atomic mass is 10.0. The minimum atomic E-state index is 0.637. The van der Waals surface area contributed by atoms with Crippen LogP contribution in [-0.2, 0) is 13.0 Å². The van der Waals surface area contributed by atoms with E-state index in [0.717, 1.165) is 30.0 Å². The molecule has 23 heavy (non-hydrogen) atoms. The van der Waals surface area contributed by atoms with Crippen LogP contribution in [0.15, 0.2) is 40.2 Å². The first-order valence-corrected chi connectivity index (χ1v) is 8.50. The van der Waals surface area contributed by atoms with Crippen molar-refractivity contribution in [3.05, 3.63) is 47.2 Å². The predicted octanol–water partition coefficient (Wildman–Crippen LogP) is 3.76. The molecule has 0 N–H and O–H groups in total. The maximum Gasteiger partial charge on any atom is 0.246 e. The standard InChI is InChI=1S/C17H17N3O2S/c1-21-13-6-7-14-12(10-13)4-2-8-20(14)11-16-18-17(19-22-16)15-5-3-9-23-15/h3,5-7,9-10H,2,4,8,11H2,1H3. The second-order valence-corrected chi connectivity index (χ2v) is 6.46. The van der Waals surface area contributed by atoms with Gasteiger partial charge in [-0.1, -0.05) is 11.2 Å². The van der Waals surface area contributed by atoms with Crippen LogP contribution in [0.4, 0.5) is 5.69 Å². The van der Waals surface area contributed by atoms with E-state index in [-0.39, 0.29) is 0 Å². The average Bonchev–Trinajstić information content (AvgIpc) is 3.26. The molecule has 0 atom stereocenters. The van der Waals surface area contributed by atoms with Crippen LogP contribution in [0.2, 0.25) is 0 Å². The zero-order chi connectivity index (χ0) is 15.6. The molecule has 2 aromatic heterocycles. The molecule has 0 amide bonds. The van der Waals surface area contributed by atoms with E-state index in [0.29, 0.717) is 18.3 Å². The number of thiophene rings is 1. The molecule has 4 rings (SSSR count). The molecule has 1 aliphatic heterocycles. The molecule has 0 bridgehead atoms. The third-order valence-corrected chi connectivity index (χ3v) is 4.90. The lowest BCUT2D eigenvalue weighted by Gasteiger charge is -2.30. The van der Waals surface area contributed by atoms with E-state index in [1.54, 1.807) is 18.4 Å². The van der Waals surface area contributed by atoms with Crippen molar-refractivity contribution in [1.29, 1.82) is 0 Å². The quantitative estimate of drug-likeness (QED) is 0.730. The monoisotopic (exact) mass is 327 g/mol. The van der Waals surface area contributed by atoms with Crippen molar-refractivity contribution in [1.82, 2.24) is 10.1 Å². The Morgan fingerprint density at radius 3 is 3.13 bits per heavy atom. The SMILES string of the molecule is COc1ccc2c(c1)CCCN2Cc1nc(-c2cccs2)no1. The zero-order valence-electron chi connectivity index (χ0n) is 12.9.